The summed E-state index contributed by atoms with van der Waals surface area (Å²) in [5.74, 6) is 0. The molecule has 3 heteroatoms. The van der Waals surface area contributed by atoms with Gasteiger partial charge < -0.3 is 8.88 Å². The lowest BCUT2D eigenvalue weighted by Crippen LogP contribution is -2.53. The normalized spacial score (nSPS) is 13.8. The maximum atomic E-state index is 2.72. The monoisotopic (exact) mass is 514 g/mol. The molecule has 2 aliphatic heterocycles. The van der Waals surface area contributed by atoms with E-state index in [2.05, 4.69) is 124 Å². The van der Waals surface area contributed by atoms with Crippen molar-refractivity contribution in [2.24, 2.45) is 0 Å². The third-order valence-corrected chi connectivity index (χ3v) is 10.4. The Morgan fingerprint density at radius 2 is 1.07 bits per heavy atom. The van der Waals surface area contributed by atoms with E-state index < -0.39 is 0 Å². The molecule has 41 heavy (non-hydrogen) atoms. The molecule has 10 aromatic rings. The summed E-state index contributed by atoms with van der Waals surface area (Å²) < 4.78 is 5.34. The predicted octanol–water partition coefficient (Wildman–Crippen LogP) is 8.20. The summed E-state index contributed by atoms with van der Waals surface area (Å²) in [6.45, 7) is 0.0959. The number of aromatic nitrogens is 2. The molecule has 5 heterocycles. The molecular weight excluding hydrogens is 495 g/mol. The number of fused-ring (bicyclic) bond motifs is 13. The van der Waals surface area contributed by atoms with E-state index in [9.17, 15) is 0 Å². The first kappa shape index (κ1) is 19.7. The summed E-state index contributed by atoms with van der Waals surface area (Å²) in [4.78, 5) is 0. The topological polar surface area (TPSA) is 9.34 Å². The fourth-order valence-corrected chi connectivity index (χ4v) is 9.04. The van der Waals surface area contributed by atoms with Crippen LogP contribution in [0.15, 0.2) is 115 Å². The molecule has 0 amide bonds. The van der Waals surface area contributed by atoms with Crippen molar-refractivity contribution in [3.05, 3.63) is 115 Å². The van der Waals surface area contributed by atoms with Crippen LogP contribution in [0.3, 0.4) is 0 Å². The zero-order chi connectivity index (χ0) is 26.1. The van der Waals surface area contributed by atoms with Crippen LogP contribution in [0.1, 0.15) is 0 Å². The van der Waals surface area contributed by atoms with Gasteiger partial charge in [-0.25, -0.2) is 0 Å². The number of rotatable bonds is 0. The maximum Gasteiger partial charge on any atom is 0.333 e. The van der Waals surface area contributed by atoms with Gasteiger partial charge >= 0.3 is 6.85 Å². The quantitative estimate of drug-likeness (QED) is 0.181. The number of nitrogens with zero attached hydrogens (tertiary/aromatic N) is 2. The van der Waals surface area contributed by atoms with E-state index in [-0.39, 0.29) is 6.85 Å². The molecule has 3 aromatic heterocycles. The largest absolute Gasteiger partial charge is 0.375 e. The van der Waals surface area contributed by atoms with E-state index in [0.29, 0.717) is 0 Å². The molecule has 0 saturated heterocycles. The Kier molecular flexibility index (Phi) is 2.99. The molecule has 2 nitrogen and oxygen atoms in total. The van der Waals surface area contributed by atoms with Crippen LogP contribution in [0.2, 0.25) is 0 Å². The lowest BCUT2D eigenvalue weighted by molar-refractivity contribution is 1.31. The summed E-state index contributed by atoms with van der Waals surface area (Å²) >= 11 is 0. The molecule has 184 valence electrons. The van der Waals surface area contributed by atoms with E-state index in [1.54, 1.807) is 0 Å². The third kappa shape index (κ3) is 1.90. The van der Waals surface area contributed by atoms with Crippen molar-refractivity contribution in [1.29, 1.82) is 0 Å². The van der Waals surface area contributed by atoms with Crippen molar-refractivity contribution in [3.8, 4) is 11.1 Å². The van der Waals surface area contributed by atoms with E-state index in [0.717, 1.165) is 0 Å². The third-order valence-electron chi connectivity index (χ3n) is 10.4. The van der Waals surface area contributed by atoms with E-state index in [1.165, 1.54) is 103 Å². The predicted molar refractivity (Wildman–Crippen MR) is 175 cm³/mol. The van der Waals surface area contributed by atoms with Gasteiger partial charge in [-0.05, 0) is 32.6 Å². The summed E-state index contributed by atoms with van der Waals surface area (Å²) in [5.41, 5.74) is 12.5. The lowest BCUT2D eigenvalue weighted by Gasteiger charge is -2.32. The number of para-hydroxylation sites is 3. The molecule has 12 rings (SSSR count). The van der Waals surface area contributed by atoms with Crippen LogP contribution >= 0.6 is 0 Å². The molecule has 0 atom stereocenters. The molecule has 0 saturated carbocycles. The minimum Gasteiger partial charge on any atom is -0.375 e. The Bertz CT molecular complexity index is 2860. The molecule has 0 aliphatic carbocycles. The number of hydrogen-bond donors (Lipinski definition) is 0. The fraction of sp³-hybridized carbons (Fsp3) is 0. The van der Waals surface area contributed by atoms with Crippen molar-refractivity contribution in [2.45, 2.75) is 0 Å². The average molecular weight is 514 g/mol. The standard InChI is InChI=1S/C38H19BN2/c1-2-9-21-20(8-1)18-19-27-25-13-6-15-28-31-22-10-3-4-11-23(22)32-29-16-5-12-24-26-14-7-17-30-37(26)40(34(24)29)38(32)33(31)39(30)41(35(21)27)36(25)28/h1-19H. The van der Waals surface area contributed by atoms with Gasteiger partial charge in [0.25, 0.3) is 0 Å². The smallest absolute Gasteiger partial charge is 0.333 e. The van der Waals surface area contributed by atoms with Crippen molar-refractivity contribution in [3.63, 3.8) is 0 Å². The second kappa shape index (κ2) is 6.21. The van der Waals surface area contributed by atoms with E-state index >= 15 is 0 Å². The van der Waals surface area contributed by atoms with Crippen LogP contribution in [-0.2, 0) is 0 Å². The summed E-state index contributed by atoms with van der Waals surface area (Å²) in [6, 6.07) is 43.6. The van der Waals surface area contributed by atoms with Crippen LogP contribution < -0.4 is 10.9 Å². The van der Waals surface area contributed by atoms with Crippen molar-refractivity contribution in [2.75, 3.05) is 0 Å². The Balaban J connectivity index is 1.49. The van der Waals surface area contributed by atoms with Crippen LogP contribution in [0, 0.1) is 0 Å². The zero-order valence-corrected chi connectivity index (χ0v) is 21.9. The van der Waals surface area contributed by atoms with Gasteiger partial charge in [-0.2, -0.15) is 0 Å². The number of hydrogen-bond acceptors (Lipinski definition) is 0. The van der Waals surface area contributed by atoms with Crippen LogP contribution in [0.25, 0.3) is 92.6 Å². The molecular formula is C38H19BN2. The Labute approximate surface area is 234 Å². The van der Waals surface area contributed by atoms with Crippen molar-refractivity contribution < 1.29 is 0 Å². The highest BCUT2D eigenvalue weighted by atomic mass is 15.0. The highest BCUT2D eigenvalue weighted by Crippen LogP contribution is 2.49. The maximum absolute atomic E-state index is 2.72. The van der Waals surface area contributed by atoms with Crippen LogP contribution in [0.4, 0.5) is 0 Å². The lowest BCUT2D eigenvalue weighted by atomic mass is 9.45. The first-order chi connectivity index (χ1) is 20.4. The Morgan fingerprint density at radius 1 is 0.415 bits per heavy atom. The first-order valence-corrected chi connectivity index (χ1v) is 14.5. The molecule has 2 aliphatic rings. The second-order valence-electron chi connectivity index (χ2n) is 12.0. The van der Waals surface area contributed by atoms with Gasteiger partial charge in [-0.15, -0.1) is 0 Å². The fourth-order valence-electron chi connectivity index (χ4n) is 9.04. The summed E-state index contributed by atoms with van der Waals surface area (Å²) in [7, 11) is 0. The van der Waals surface area contributed by atoms with Crippen LogP contribution in [0.5, 0.6) is 0 Å². The van der Waals surface area contributed by atoms with Gasteiger partial charge in [-0.3, -0.25) is 0 Å². The molecule has 0 spiro atoms. The molecule has 0 radical (unpaired) electrons. The van der Waals surface area contributed by atoms with Crippen molar-refractivity contribution >= 4 is 99.2 Å². The highest BCUT2D eigenvalue weighted by Gasteiger charge is 2.42. The summed E-state index contributed by atoms with van der Waals surface area (Å²) in [6.07, 6.45) is 0. The molecule has 0 bridgehead atoms. The van der Waals surface area contributed by atoms with Crippen molar-refractivity contribution in [1.82, 2.24) is 8.88 Å². The van der Waals surface area contributed by atoms with E-state index in [1.807, 2.05) is 0 Å². The molecule has 0 fully saturated rings. The van der Waals surface area contributed by atoms with Gasteiger partial charge in [0.2, 0.25) is 0 Å². The Hall–Kier alpha value is -5.28. The van der Waals surface area contributed by atoms with Crippen LogP contribution in [-0.4, -0.2) is 15.7 Å². The molecule has 0 N–H and O–H groups in total. The highest BCUT2D eigenvalue weighted by molar-refractivity contribution is 6.91. The number of benzene rings is 7. The summed E-state index contributed by atoms with van der Waals surface area (Å²) in [5, 5.41) is 13.5. The van der Waals surface area contributed by atoms with Gasteiger partial charge in [0.05, 0.1) is 16.6 Å². The SMILES string of the molecule is c1ccc2c(c1)ccc1c3cccc4c3n(c21)B1c2cccc3c5cccc6c7c8ccccc8c-4c1c7n(c23)c56. The zero-order valence-electron chi connectivity index (χ0n) is 21.9. The van der Waals surface area contributed by atoms with E-state index in [4.69, 9.17) is 0 Å². The van der Waals surface area contributed by atoms with Gasteiger partial charge in [-0.1, -0.05) is 115 Å². The molecule has 0 unspecified atom stereocenters. The first-order valence-electron chi connectivity index (χ1n) is 14.5. The van der Waals surface area contributed by atoms with Gasteiger partial charge in [0, 0.05) is 54.3 Å². The Morgan fingerprint density at radius 3 is 1.98 bits per heavy atom. The average Bonchev–Trinajstić information content (AvgIpc) is 3.68. The second-order valence-corrected chi connectivity index (χ2v) is 12.0. The van der Waals surface area contributed by atoms with Gasteiger partial charge in [0.1, 0.15) is 0 Å². The minimum atomic E-state index is 0.0959. The van der Waals surface area contributed by atoms with Gasteiger partial charge in [0.15, 0.2) is 0 Å². The molecule has 7 aromatic carbocycles. The minimum absolute atomic E-state index is 0.0959.